The van der Waals surface area contributed by atoms with Crippen molar-refractivity contribution in [2.45, 2.75) is 37.6 Å². The highest BCUT2D eigenvalue weighted by atomic mass is 32.2. The molecule has 0 amide bonds. The highest BCUT2D eigenvalue weighted by molar-refractivity contribution is 7.91. The highest BCUT2D eigenvalue weighted by Crippen LogP contribution is 2.41. The third kappa shape index (κ3) is 4.61. The number of nitrogens with one attached hydrogen (secondary N) is 2. The lowest BCUT2D eigenvalue weighted by atomic mass is 9.74. The van der Waals surface area contributed by atoms with Gasteiger partial charge in [-0.05, 0) is 43.9 Å². The van der Waals surface area contributed by atoms with E-state index >= 15 is 0 Å². The number of guanidine groups is 1. The first-order chi connectivity index (χ1) is 14.0. The van der Waals surface area contributed by atoms with E-state index < -0.39 is 9.84 Å². The Morgan fingerprint density at radius 2 is 2.03 bits per heavy atom. The summed E-state index contributed by atoms with van der Waals surface area (Å²) in [5, 5.41) is 6.56. The van der Waals surface area contributed by atoms with Crippen LogP contribution in [0.2, 0.25) is 0 Å². The molecule has 2 N–H and O–H groups in total. The monoisotopic (exact) mass is 423 g/mol. The van der Waals surface area contributed by atoms with Crippen molar-refractivity contribution in [2.24, 2.45) is 4.99 Å². The predicted molar refractivity (Wildman–Crippen MR) is 110 cm³/mol. The number of ether oxygens (including phenoxy) is 3. The van der Waals surface area contributed by atoms with Gasteiger partial charge in [0.25, 0.3) is 0 Å². The average Bonchev–Trinajstić information content (AvgIpc) is 3.32. The molecule has 1 unspecified atom stereocenters. The van der Waals surface area contributed by atoms with Crippen molar-refractivity contribution in [3.05, 3.63) is 23.8 Å². The van der Waals surface area contributed by atoms with E-state index in [4.69, 9.17) is 19.2 Å². The van der Waals surface area contributed by atoms with E-state index in [0.717, 1.165) is 24.3 Å². The van der Waals surface area contributed by atoms with Crippen LogP contribution in [0.3, 0.4) is 0 Å². The van der Waals surface area contributed by atoms with Gasteiger partial charge in [-0.15, -0.1) is 0 Å². The Hall–Kier alpha value is -2.00. The van der Waals surface area contributed by atoms with Gasteiger partial charge in [-0.25, -0.2) is 8.42 Å². The Morgan fingerprint density at radius 3 is 2.76 bits per heavy atom. The van der Waals surface area contributed by atoms with E-state index in [9.17, 15) is 8.42 Å². The van der Waals surface area contributed by atoms with Gasteiger partial charge in [-0.1, -0.05) is 6.07 Å². The van der Waals surface area contributed by atoms with E-state index in [-0.39, 0.29) is 29.8 Å². The molecule has 9 heteroatoms. The van der Waals surface area contributed by atoms with Gasteiger partial charge >= 0.3 is 0 Å². The molecule has 0 aromatic heterocycles. The molecule has 3 heterocycles. The number of fused-ring (bicyclic) bond motifs is 1. The minimum Gasteiger partial charge on any atom is -0.454 e. The largest absolute Gasteiger partial charge is 0.454 e. The molecule has 0 bridgehead atoms. The van der Waals surface area contributed by atoms with Crippen molar-refractivity contribution >= 4 is 15.8 Å². The molecular formula is C20H29N3O5S. The average molecular weight is 424 g/mol. The van der Waals surface area contributed by atoms with Crippen LogP contribution < -0.4 is 20.1 Å². The number of rotatable bonds is 5. The summed E-state index contributed by atoms with van der Waals surface area (Å²) in [4.78, 5) is 4.86. The van der Waals surface area contributed by atoms with Crippen LogP contribution in [-0.4, -0.2) is 65.0 Å². The summed E-state index contributed by atoms with van der Waals surface area (Å²) in [7, 11) is -2.94. The Bertz CT molecular complexity index is 865. The molecule has 160 valence electrons. The first-order valence-electron chi connectivity index (χ1n) is 10.2. The molecular weight excluding hydrogens is 394 g/mol. The van der Waals surface area contributed by atoms with Gasteiger partial charge in [0.05, 0.1) is 18.1 Å². The lowest BCUT2D eigenvalue weighted by Gasteiger charge is -2.37. The van der Waals surface area contributed by atoms with E-state index in [0.29, 0.717) is 38.7 Å². The van der Waals surface area contributed by atoms with E-state index in [1.54, 1.807) is 0 Å². The first kappa shape index (κ1) is 20.3. The van der Waals surface area contributed by atoms with Gasteiger partial charge in [0, 0.05) is 31.2 Å². The minimum absolute atomic E-state index is 0.0889. The number of sulfone groups is 1. The quantitative estimate of drug-likeness (QED) is 0.542. The zero-order chi connectivity index (χ0) is 20.3. The molecule has 1 aromatic rings. The molecule has 1 atom stereocenters. The molecule has 4 rings (SSSR count). The fraction of sp³-hybridized carbons (Fsp3) is 0.650. The van der Waals surface area contributed by atoms with Crippen LogP contribution >= 0.6 is 0 Å². The van der Waals surface area contributed by atoms with Crippen molar-refractivity contribution < 1.29 is 22.6 Å². The molecule has 8 nitrogen and oxygen atoms in total. The Kier molecular flexibility index (Phi) is 5.87. The second kappa shape index (κ2) is 8.39. The van der Waals surface area contributed by atoms with Gasteiger partial charge in [0.1, 0.15) is 0 Å². The number of aliphatic imine (C=N–C) groups is 1. The van der Waals surface area contributed by atoms with E-state index in [1.807, 2.05) is 13.0 Å². The van der Waals surface area contributed by atoms with Crippen LogP contribution in [0.15, 0.2) is 23.2 Å². The third-order valence-electron chi connectivity index (χ3n) is 5.89. The number of benzene rings is 1. The molecule has 2 fully saturated rings. The van der Waals surface area contributed by atoms with Crippen LogP contribution in [0.25, 0.3) is 0 Å². The van der Waals surface area contributed by atoms with Crippen molar-refractivity contribution in [2.75, 3.05) is 44.6 Å². The van der Waals surface area contributed by atoms with Crippen molar-refractivity contribution in [3.63, 3.8) is 0 Å². The van der Waals surface area contributed by atoms with Gasteiger partial charge in [-0.2, -0.15) is 0 Å². The first-order valence-corrected chi connectivity index (χ1v) is 12.0. The summed E-state index contributed by atoms with van der Waals surface area (Å²) in [5.41, 5.74) is 1.02. The summed E-state index contributed by atoms with van der Waals surface area (Å²) in [6.45, 7) is 4.94. The van der Waals surface area contributed by atoms with Crippen molar-refractivity contribution in [1.82, 2.24) is 10.6 Å². The zero-order valence-electron chi connectivity index (χ0n) is 16.8. The van der Waals surface area contributed by atoms with Crippen LogP contribution in [0.4, 0.5) is 0 Å². The predicted octanol–water partition coefficient (Wildman–Crippen LogP) is 1.21. The summed E-state index contributed by atoms with van der Waals surface area (Å²) < 4.78 is 40.2. The molecule has 1 aromatic carbocycles. The molecule has 3 aliphatic rings. The molecule has 0 spiro atoms. The van der Waals surface area contributed by atoms with Crippen LogP contribution in [0, 0.1) is 0 Å². The summed E-state index contributed by atoms with van der Waals surface area (Å²) in [6, 6.07) is 6.03. The molecule has 3 aliphatic heterocycles. The zero-order valence-corrected chi connectivity index (χ0v) is 17.6. The van der Waals surface area contributed by atoms with Crippen molar-refractivity contribution in [3.8, 4) is 11.5 Å². The number of nitrogens with zero attached hydrogens (tertiary/aromatic N) is 1. The minimum atomic E-state index is -2.94. The van der Waals surface area contributed by atoms with Crippen LogP contribution in [0.5, 0.6) is 11.5 Å². The summed E-state index contributed by atoms with van der Waals surface area (Å²) >= 11 is 0. The van der Waals surface area contributed by atoms with E-state index in [1.165, 1.54) is 5.56 Å². The fourth-order valence-corrected chi connectivity index (χ4v) is 5.85. The van der Waals surface area contributed by atoms with Crippen molar-refractivity contribution in [1.29, 1.82) is 0 Å². The number of hydrogen-bond donors (Lipinski definition) is 2. The molecule has 0 saturated carbocycles. The summed E-state index contributed by atoms with van der Waals surface area (Å²) in [5.74, 6) is 2.62. The molecule has 29 heavy (non-hydrogen) atoms. The van der Waals surface area contributed by atoms with Gasteiger partial charge < -0.3 is 24.8 Å². The smallest absolute Gasteiger partial charge is 0.231 e. The third-order valence-corrected chi connectivity index (χ3v) is 7.66. The lowest BCUT2D eigenvalue weighted by Crippen LogP contribution is -2.45. The van der Waals surface area contributed by atoms with E-state index in [2.05, 4.69) is 22.8 Å². The topological polar surface area (TPSA) is 98.2 Å². The molecule has 0 radical (unpaired) electrons. The SMILES string of the molecule is CCNC(=NCC1(c2ccc3c(c2)OCO3)CCOCC1)NC1CCS(=O)(=O)C1. The summed E-state index contributed by atoms with van der Waals surface area (Å²) in [6.07, 6.45) is 2.36. The Morgan fingerprint density at radius 1 is 1.24 bits per heavy atom. The van der Waals surface area contributed by atoms with Gasteiger partial charge in [-0.3, -0.25) is 4.99 Å². The lowest BCUT2D eigenvalue weighted by molar-refractivity contribution is 0.0530. The number of hydrogen-bond acceptors (Lipinski definition) is 6. The molecule has 2 saturated heterocycles. The van der Waals surface area contributed by atoms with Crippen LogP contribution in [-0.2, 0) is 20.0 Å². The standard InChI is InChI=1S/C20H29N3O5S/c1-2-21-19(23-16-5-10-29(24,25)12-16)22-13-20(6-8-26-9-7-20)15-3-4-17-18(11-15)28-14-27-17/h3-4,11,16H,2,5-10,12-14H2,1H3,(H2,21,22,23). The maximum absolute atomic E-state index is 11.8. The van der Waals surface area contributed by atoms with Gasteiger partial charge in [0.2, 0.25) is 6.79 Å². The highest BCUT2D eigenvalue weighted by Gasteiger charge is 2.36. The Labute approximate surface area is 171 Å². The second-order valence-corrected chi connectivity index (χ2v) is 10.1. The Balaban J connectivity index is 1.54. The fourth-order valence-electron chi connectivity index (χ4n) is 4.18. The van der Waals surface area contributed by atoms with Crippen LogP contribution in [0.1, 0.15) is 31.7 Å². The maximum atomic E-state index is 11.8. The normalized spacial score (nSPS) is 25.0. The second-order valence-electron chi connectivity index (χ2n) is 7.90. The molecule has 0 aliphatic carbocycles. The maximum Gasteiger partial charge on any atom is 0.231 e. The van der Waals surface area contributed by atoms with Gasteiger partial charge in [0.15, 0.2) is 27.3 Å².